The van der Waals surface area contributed by atoms with Crippen molar-refractivity contribution >= 4 is 28.6 Å². The van der Waals surface area contributed by atoms with Crippen molar-refractivity contribution in [1.82, 2.24) is 10.3 Å². The van der Waals surface area contributed by atoms with E-state index in [0.29, 0.717) is 30.2 Å². The van der Waals surface area contributed by atoms with E-state index < -0.39 is 12.0 Å². The molecule has 0 bridgehead atoms. The Hall–Kier alpha value is -3.61. The van der Waals surface area contributed by atoms with Crippen molar-refractivity contribution in [2.45, 2.75) is 6.92 Å². The second kappa shape index (κ2) is 9.36. The molecule has 3 rings (SSSR count). The number of anilines is 1. The van der Waals surface area contributed by atoms with Crippen LogP contribution in [0.2, 0.25) is 0 Å². The number of esters is 1. The van der Waals surface area contributed by atoms with Gasteiger partial charge < -0.3 is 20.1 Å². The average molecular weight is 379 g/mol. The number of nitrogens with zero attached hydrogens (tertiary/aromatic N) is 1. The van der Waals surface area contributed by atoms with Crippen molar-refractivity contribution in [3.63, 3.8) is 0 Å². The number of hydrogen-bond donors (Lipinski definition) is 2. The van der Waals surface area contributed by atoms with Crippen LogP contribution < -0.4 is 15.4 Å². The predicted molar refractivity (Wildman–Crippen MR) is 107 cm³/mol. The zero-order valence-corrected chi connectivity index (χ0v) is 15.5. The Bertz CT molecular complexity index is 975. The van der Waals surface area contributed by atoms with Gasteiger partial charge in [0, 0.05) is 11.6 Å². The molecule has 28 heavy (non-hydrogen) atoms. The molecule has 3 aromatic rings. The van der Waals surface area contributed by atoms with Gasteiger partial charge >= 0.3 is 12.0 Å². The number of rotatable bonds is 7. The van der Waals surface area contributed by atoms with E-state index in [2.05, 4.69) is 15.6 Å². The summed E-state index contributed by atoms with van der Waals surface area (Å²) >= 11 is 0. The number of carbonyl (C=O) groups is 2. The molecule has 0 unspecified atom stereocenters. The van der Waals surface area contributed by atoms with Gasteiger partial charge in [-0.15, -0.1) is 0 Å². The van der Waals surface area contributed by atoms with Gasteiger partial charge in [0.2, 0.25) is 0 Å². The van der Waals surface area contributed by atoms with Crippen molar-refractivity contribution in [2.24, 2.45) is 0 Å². The number of nitrogens with one attached hydrogen (secondary N) is 2. The number of fused-ring (bicyclic) bond motifs is 1. The summed E-state index contributed by atoms with van der Waals surface area (Å²) in [7, 11) is 0. The van der Waals surface area contributed by atoms with Crippen molar-refractivity contribution < 1.29 is 19.1 Å². The second-order valence-corrected chi connectivity index (χ2v) is 5.85. The van der Waals surface area contributed by atoms with Crippen LogP contribution in [0, 0.1) is 0 Å². The van der Waals surface area contributed by atoms with Gasteiger partial charge in [0.15, 0.2) is 0 Å². The Morgan fingerprint density at radius 3 is 2.79 bits per heavy atom. The SMILES string of the molecule is CCOC(=O)c1ccccc1NC(=O)NCCOc1ccc2ncccc2c1. The quantitative estimate of drug-likeness (QED) is 0.483. The van der Waals surface area contributed by atoms with E-state index in [4.69, 9.17) is 9.47 Å². The molecule has 0 spiro atoms. The molecule has 7 heteroatoms. The summed E-state index contributed by atoms with van der Waals surface area (Å²) < 4.78 is 10.7. The maximum Gasteiger partial charge on any atom is 0.340 e. The molecule has 0 aliphatic heterocycles. The molecule has 1 aromatic heterocycles. The third kappa shape index (κ3) is 4.97. The van der Waals surface area contributed by atoms with Crippen molar-refractivity contribution in [2.75, 3.05) is 25.1 Å². The van der Waals surface area contributed by atoms with Crippen LogP contribution in [0.3, 0.4) is 0 Å². The summed E-state index contributed by atoms with van der Waals surface area (Å²) in [6.07, 6.45) is 1.74. The molecule has 1 heterocycles. The Morgan fingerprint density at radius 2 is 1.93 bits per heavy atom. The van der Waals surface area contributed by atoms with Gasteiger partial charge in [0.05, 0.1) is 29.9 Å². The van der Waals surface area contributed by atoms with Gasteiger partial charge in [0.1, 0.15) is 12.4 Å². The fourth-order valence-electron chi connectivity index (χ4n) is 2.62. The molecule has 144 valence electrons. The van der Waals surface area contributed by atoms with Crippen LogP contribution in [0.15, 0.2) is 60.8 Å². The first-order valence-corrected chi connectivity index (χ1v) is 8.96. The van der Waals surface area contributed by atoms with Crippen LogP contribution in [0.4, 0.5) is 10.5 Å². The lowest BCUT2D eigenvalue weighted by atomic mass is 10.2. The van der Waals surface area contributed by atoms with Crippen molar-refractivity contribution in [1.29, 1.82) is 0 Å². The van der Waals surface area contributed by atoms with E-state index in [1.165, 1.54) is 0 Å². The topological polar surface area (TPSA) is 89.5 Å². The molecular weight excluding hydrogens is 358 g/mol. The van der Waals surface area contributed by atoms with Gasteiger partial charge in [-0.3, -0.25) is 4.98 Å². The Labute approximate surface area is 162 Å². The van der Waals surface area contributed by atoms with Gasteiger partial charge in [0.25, 0.3) is 0 Å². The van der Waals surface area contributed by atoms with E-state index in [1.807, 2.05) is 30.3 Å². The number of amides is 2. The van der Waals surface area contributed by atoms with Crippen LogP contribution in [0.25, 0.3) is 10.9 Å². The van der Waals surface area contributed by atoms with Crippen LogP contribution in [0.1, 0.15) is 17.3 Å². The highest BCUT2D eigenvalue weighted by atomic mass is 16.5. The van der Waals surface area contributed by atoms with Crippen LogP contribution in [-0.2, 0) is 4.74 Å². The first kappa shape index (κ1) is 19.2. The minimum atomic E-state index is -0.479. The van der Waals surface area contributed by atoms with E-state index in [9.17, 15) is 9.59 Å². The molecule has 7 nitrogen and oxygen atoms in total. The number of pyridine rings is 1. The fraction of sp³-hybridized carbons (Fsp3) is 0.190. The zero-order chi connectivity index (χ0) is 19.8. The normalized spacial score (nSPS) is 10.3. The minimum Gasteiger partial charge on any atom is -0.492 e. The zero-order valence-electron chi connectivity index (χ0n) is 15.5. The first-order chi connectivity index (χ1) is 13.7. The molecule has 2 amide bonds. The average Bonchev–Trinajstić information content (AvgIpc) is 2.71. The maximum atomic E-state index is 12.1. The third-order valence-corrected chi connectivity index (χ3v) is 3.90. The molecule has 0 saturated carbocycles. The molecule has 0 saturated heterocycles. The number of carbonyl (C=O) groups excluding carboxylic acids is 2. The van der Waals surface area contributed by atoms with Crippen molar-refractivity contribution in [3.05, 3.63) is 66.4 Å². The van der Waals surface area contributed by atoms with Gasteiger partial charge in [-0.05, 0) is 43.3 Å². The summed E-state index contributed by atoms with van der Waals surface area (Å²) in [6.45, 7) is 2.60. The molecular formula is C21H21N3O4. The number of hydrogen-bond acceptors (Lipinski definition) is 5. The summed E-state index contributed by atoms with van der Waals surface area (Å²) in [6, 6.07) is 15.7. The van der Waals surface area contributed by atoms with E-state index in [0.717, 1.165) is 10.9 Å². The van der Waals surface area contributed by atoms with Crippen LogP contribution in [0.5, 0.6) is 5.75 Å². The summed E-state index contributed by atoms with van der Waals surface area (Å²) in [4.78, 5) is 28.3. The molecule has 0 fully saturated rings. The smallest absolute Gasteiger partial charge is 0.340 e. The Morgan fingerprint density at radius 1 is 1.07 bits per heavy atom. The van der Waals surface area contributed by atoms with E-state index in [1.54, 1.807) is 37.4 Å². The molecule has 2 aromatic carbocycles. The number of aromatic nitrogens is 1. The van der Waals surface area contributed by atoms with E-state index >= 15 is 0 Å². The largest absolute Gasteiger partial charge is 0.492 e. The second-order valence-electron chi connectivity index (χ2n) is 5.85. The molecule has 0 aliphatic rings. The fourth-order valence-corrected chi connectivity index (χ4v) is 2.62. The number of ether oxygens (including phenoxy) is 2. The summed E-state index contributed by atoms with van der Waals surface area (Å²) in [5.74, 6) is 0.225. The molecule has 0 aliphatic carbocycles. The lowest BCUT2D eigenvalue weighted by molar-refractivity contribution is 0.0527. The Kier molecular flexibility index (Phi) is 6.41. The van der Waals surface area contributed by atoms with Crippen LogP contribution in [-0.4, -0.2) is 36.7 Å². The highest BCUT2D eigenvalue weighted by Gasteiger charge is 2.13. The van der Waals surface area contributed by atoms with Gasteiger partial charge in [-0.1, -0.05) is 18.2 Å². The lowest BCUT2D eigenvalue weighted by Crippen LogP contribution is -2.32. The number of urea groups is 1. The van der Waals surface area contributed by atoms with Gasteiger partial charge in [-0.25, -0.2) is 9.59 Å². The predicted octanol–water partition coefficient (Wildman–Crippen LogP) is 3.61. The highest BCUT2D eigenvalue weighted by Crippen LogP contribution is 2.19. The minimum absolute atomic E-state index is 0.265. The van der Waals surface area contributed by atoms with Crippen LogP contribution >= 0.6 is 0 Å². The number of para-hydroxylation sites is 1. The lowest BCUT2D eigenvalue weighted by Gasteiger charge is -2.12. The van der Waals surface area contributed by atoms with Gasteiger partial charge in [-0.2, -0.15) is 0 Å². The molecule has 0 radical (unpaired) electrons. The summed E-state index contributed by atoms with van der Waals surface area (Å²) in [5, 5.41) is 6.34. The monoisotopic (exact) mass is 379 g/mol. The Balaban J connectivity index is 1.49. The highest BCUT2D eigenvalue weighted by molar-refractivity contribution is 6.00. The third-order valence-electron chi connectivity index (χ3n) is 3.90. The maximum absolute atomic E-state index is 12.1. The van der Waals surface area contributed by atoms with Crippen molar-refractivity contribution in [3.8, 4) is 5.75 Å². The number of benzene rings is 2. The molecule has 0 atom stereocenters. The first-order valence-electron chi connectivity index (χ1n) is 8.96. The molecule has 2 N–H and O–H groups in total. The standard InChI is InChI=1S/C21H21N3O4/c1-2-27-20(25)17-7-3-4-8-19(17)24-21(26)23-12-13-28-16-9-10-18-15(14-16)6-5-11-22-18/h3-11,14H,2,12-13H2,1H3,(H2,23,24,26). The summed E-state index contributed by atoms with van der Waals surface area (Å²) in [5.41, 5.74) is 1.59. The van der Waals surface area contributed by atoms with E-state index in [-0.39, 0.29) is 6.61 Å².